The van der Waals surface area contributed by atoms with Crippen LogP contribution in [0.2, 0.25) is 0 Å². The highest BCUT2D eigenvalue weighted by molar-refractivity contribution is 7.80. The van der Waals surface area contributed by atoms with Crippen molar-refractivity contribution in [2.75, 3.05) is 6.61 Å². The second-order valence-corrected chi connectivity index (χ2v) is 6.94. The van der Waals surface area contributed by atoms with E-state index in [2.05, 4.69) is 16.2 Å². The van der Waals surface area contributed by atoms with E-state index in [0.717, 1.165) is 21.9 Å². The molecule has 152 valence electrons. The van der Waals surface area contributed by atoms with E-state index in [1.807, 2.05) is 67.6 Å². The van der Waals surface area contributed by atoms with Crippen LogP contribution in [-0.4, -0.2) is 23.5 Å². The number of hydrazine groups is 1. The lowest BCUT2D eigenvalue weighted by Crippen LogP contribution is -2.49. The molecule has 0 aliphatic rings. The van der Waals surface area contributed by atoms with E-state index >= 15 is 0 Å². The highest BCUT2D eigenvalue weighted by atomic mass is 32.1. The second kappa shape index (κ2) is 10.2. The predicted octanol–water partition coefficient (Wildman–Crippen LogP) is 3.26. The Hall–Kier alpha value is -3.71. The molecular weight excluding hydrogens is 398 g/mol. The molecule has 0 aliphatic carbocycles. The van der Waals surface area contributed by atoms with Crippen LogP contribution in [0.4, 0.5) is 0 Å². The van der Waals surface area contributed by atoms with Crippen LogP contribution in [0.5, 0.6) is 5.75 Å². The lowest BCUT2D eigenvalue weighted by molar-refractivity contribution is -0.123. The molecule has 0 atom stereocenters. The van der Waals surface area contributed by atoms with Crippen molar-refractivity contribution in [1.29, 1.82) is 0 Å². The number of rotatable bonds is 5. The molecule has 0 aliphatic heterocycles. The molecule has 3 rings (SSSR count). The normalized spacial score (nSPS) is 10.6. The highest BCUT2D eigenvalue weighted by Gasteiger charge is 2.06. The number of amides is 2. The van der Waals surface area contributed by atoms with Crippen molar-refractivity contribution in [3.8, 4) is 5.75 Å². The number of hydrogen-bond donors (Lipinski definition) is 3. The van der Waals surface area contributed by atoms with Crippen LogP contribution < -0.4 is 20.9 Å². The Morgan fingerprint density at radius 1 is 0.967 bits per heavy atom. The fourth-order valence-electron chi connectivity index (χ4n) is 2.60. The molecule has 0 aromatic heterocycles. The van der Waals surface area contributed by atoms with Gasteiger partial charge in [-0.2, -0.15) is 0 Å². The van der Waals surface area contributed by atoms with E-state index in [-0.39, 0.29) is 11.7 Å². The van der Waals surface area contributed by atoms with E-state index in [1.54, 1.807) is 12.1 Å². The Kier molecular flexibility index (Phi) is 7.13. The molecular formula is C23H21N3O3S. The van der Waals surface area contributed by atoms with Gasteiger partial charge in [-0.25, -0.2) is 0 Å². The lowest BCUT2D eigenvalue weighted by atomic mass is 10.1. The minimum Gasteiger partial charge on any atom is -0.484 e. The Balaban J connectivity index is 1.39. The van der Waals surface area contributed by atoms with Crippen molar-refractivity contribution < 1.29 is 14.3 Å². The first kappa shape index (κ1) is 21.0. The SMILES string of the molecule is Cc1ccc(C=CC(=O)NC(=S)NNC(=O)COc2ccc3ccccc3c2)cc1. The summed E-state index contributed by atoms with van der Waals surface area (Å²) in [4.78, 5) is 23.8. The number of aryl methyl sites for hydroxylation is 1. The molecule has 2 amide bonds. The number of benzene rings is 3. The van der Waals surface area contributed by atoms with Gasteiger partial charge < -0.3 is 4.74 Å². The molecule has 30 heavy (non-hydrogen) atoms. The summed E-state index contributed by atoms with van der Waals surface area (Å²) in [5, 5.41) is 4.54. The number of nitrogens with one attached hydrogen (secondary N) is 3. The maximum Gasteiger partial charge on any atom is 0.276 e. The summed E-state index contributed by atoms with van der Waals surface area (Å²) in [6.45, 7) is 1.79. The molecule has 0 heterocycles. The van der Waals surface area contributed by atoms with Crippen LogP contribution in [0.3, 0.4) is 0 Å². The average molecular weight is 420 g/mol. The van der Waals surface area contributed by atoms with Crippen LogP contribution in [0.15, 0.2) is 72.8 Å². The number of carbonyl (C=O) groups is 2. The minimum absolute atomic E-state index is 0.0207. The van der Waals surface area contributed by atoms with Crippen LogP contribution in [-0.2, 0) is 9.59 Å². The Labute approximate surface area is 179 Å². The Bertz CT molecular complexity index is 1090. The van der Waals surface area contributed by atoms with Crippen LogP contribution in [0.25, 0.3) is 16.8 Å². The topological polar surface area (TPSA) is 79.5 Å². The summed E-state index contributed by atoms with van der Waals surface area (Å²) >= 11 is 4.99. The van der Waals surface area contributed by atoms with Gasteiger partial charge in [-0.3, -0.25) is 25.8 Å². The van der Waals surface area contributed by atoms with Gasteiger partial charge in [-0.1, -0.05) is 60.2 Å². The van der Waals surface area contributed by atoms with Crippen LogP contribution in [0, 0.1) is 6.92 Å². The summed E-state index contributed by atoms with van der Waals surface area (Å²) in [5.41, 5.74) is 6.89. The van der Waals surface area contributed by atoms with Gasteiger partial charge in [-0.15, -0.1) is 0 Å². The van der Waals surface area contributed by atoms with Gasteiger partial charge >= 0.3 is 0 Å². The highest BCUT2D eigenvalue weighted by Crippen LogP contribution is 2.20. The molecule has 0 fully saturated rings. The number of carbonyl (C=O) groups excluding carboxylic acids is 2. The molecule has 0 spiro atoms. The fraction of sp³-hybridized carbons (Fsp3) is 0.0870. The third-order valence-electron chi connectivity index (χ3n) is 4.15. The van der Waals surface area contributed by atoms with Crippen molar-refractivity contribution >= 4 is 46.0 Å². The molecule has 0 saturated carbocycles. The van der Waals surface area contributed by atoms with E-state index < -0.39 is 11.8 Å². The van der Waals surface area contributed by atoms with Gasteiger partial charge in [0.1, 0.15) is 5.75 Å². The molecule has 3 aromatic rings. The van der Waals surface area contributed by atoms with E-state index in [0.29, 0.717) is 5.75 Å². The van der Waals surface area contributed by atoms with Gasteiger partial charge in [0.15, 0.2) is 11.7 Å². The average Bonchev–Trinajstić information content (AvgIpc) is 2.75. The van der Waals surface area contributed by atoms with Crippen molar-refractivity contribution in [1.82, 2.24) is 16.2 Å². The second-order valence-electron chi connectivity index (χ2n) is 6.53. The Morgan fingerprint density at radius 2 is 1.70 bits per heavy atom. The zero-order chi connectivity index (χ0) is 21.3. The minimum atomic E-state index is -0.435. The lowest BCUT2D eigenvalue weighted by Gasteiger charge is -2.11. The first-order valence-corrected chi connectivity index (χ1v) is 9.66. The molecule has 0 radical (unpaired) electrons. The summed E-state index contributed by atoms with van der Waals surface area (Å²) in [6.07, 6.45) is 3.04. The largest absolute Gasteiger partial charge is 0.484 e. The third-order valence-corrected chi connectivity index (χ3v) is 4.35. The van der Waals surface area contributed by atoms with Crippen molar-refractivity contribution in [2.45, 2.75) is 6.92 Å². The van der Waals surface area contributed by atoms with E-state index in [4.69, 9.17) is 17.0 Å². The third kappa shape index (κ3) is 6.42. The maximum absolute atomic E-state index is 11.9. The fourth-order valence-corrected chi connectivity index (χ4v) is 2.75. The summed E-state index contributed by atoms with van der Waals surface area (Å²) < 4.78 is 5.49. The molecule has 7 heteroatoms. The van der Waals surface area contributed by atoms with E-state index in [9.17, 15) is 9.59 Å². The molecule has 6 nitrogen and oxygen atoms in total. The smallest absolute Gasteiger partial charge is 0.276 e. The van der Waals surface area contributed by atoms with Gasteiger partial charge in [0.05, 0.1) is 0 Å². The first-order valence-electron chi connectivity index (χ1n) is 9.26. The number of fused-ring (bicyclic) bond motifs is 1. The number of ether oxygens (including phenoxy) is 1. The van der Waals surface area contributed by atoms with Crippen molar-refractivity contribution in [3.63, 3.8) is 0 Å². The van der Waals surface area contributed by atoms with E-state index in [1.165, 1.54) is 6.08 Å². The summed E-state index contributed by atoms with van der Waals surface area (Å²) in [7, 11) is 0. The van der Waals surface area contributed by atoms with Crippen LogP contribution >= 0.6 is 12.2 Å². The zero-order valence-corrected chi connectivity index (χ0v) is 17.2. The van der Waals surface area contributed by atoms with Gasteiger partial charge in [0.25, 0.3) is 5.91 Å². The molecule has 0 bridgehead atoms. The first-order chi connectivity index (χ1) is 14.5. The number of thiocarbonyl (C=S) groups is 1. The molecule has 0 unspecified atom stereocenters. The quantitative estimate of drug-likeness (QED) is 0.336. The molecule has 3 N–H and O–H groups in total. The monoisotopic (exact) mass is 419 g/mol. The zero-order valence-electron chi connectivity index (χ0n) is 16.3. The molecule has 3 aromatic carbocycles. The maximum atomic E-state index is 11.9. The van der Waals surface area contributed by atoms with Crippen LogP contribution in [0.1, 0.15) is 11.1 Å². The van der Waals surface area contributed by atoms with Gasteiger partial charge in [0, 0.05) is 6.08 Å². The standard InChI is InChI=1S/C23H21N3O3S/c1-16-6-8-17(9-7-16)10-13-21(27)24-23(30)26-25-22(28)15-29-20-12-11-18-4-2-3-5-19(18)14-20/h2-14H,15H2,1H3,(H,25,28)(H2,24,26,27,30). The van der Waals surface area contributed by atoms with Crippen molar-refractivity contribution in [3.05, 3.63) is 83.9 Å². The Morgan fingerprint density at radius 3 is 2.47 bits per heavy atom. The molecule has 0 saturated heterocycles. The van der Waals surface area contributed by atoms with Gasteiger partial charge in [0.2, 0.25) is 5.91 Å². The summed E-state index contributed by atoms with van der Waals surface area (Å²) in [6, 6.07) is 21.2. The number of hydrogen-bond acceptors (Lipinski definition) is 4. The summed E-state index contributed by atoms with van der Waals surface area (Å²) in [5.74, 6) is -0.259. The predicted molar refractivity (Wildman–Crippen MR) is 122 cm³/mol. The van der Waals surface area contributed by atoms with Crippen molar-refractivity contribution in [2.24, 2.45) is 0 Å². The van der Waals surface area contributed by atoms with Gasteiger partial charge in [-0.05, 0) is 53.7 Å².